The lowest BCUT2D eigenvalue weighted by atomic mass is 10.0. The molecular formula is C18H15BrO3. The zero-order chi connectivity index (χ0) is 15.7. The Morgan fingerprint density at radius 3 is 2.59 bits per heavy atom. The third-order valence-electron chi connectivity index (χ3n) is 3.50. The van der Waals surface area contributed by atoms with Gasteiger partial charge >= 0.3 is 5.97 Å². The second-order valence-corrected chi connectivity index (χ2v) is 5.90. The van der Waals surface area contributed by atoms with Gasteiger partial charge in [-0.05, 0) is 31.5 Å². The monoisotopic (exact) mass is 358 g/mol. The number of hydrogen-bond acceptors (Lipinski definition) is 3. The van der Waals surface area contributed by atoms with Crippen molar-refractivity contribution in [2.24, 2.45) is 0 Å². The van der Waals surface area contributed by atoms with Crippen LogP contribution < -0.4 is 0 Å². The first kappa shape index (κ1) is 14.9. The van der Waals surface area contributed by atoms with Gasteiger partial charge in [0.05, 0.1) is 6.61 Å². The minimum Gasteiger partial charge on any atom is -0.462 e. The number of fused-ring (bicyclic) bond motifs is 1. The summed E-state index contributed by atoms with van der Waals surface area (Å²) >= 11 is 3.41. The standard InChI is InChI=1S/C18H15BrO3/c1-3-21-18(20)15-14-6-4-5-11(2)16(14)22-17(15)12-7-9-13(19)10-8-12/h4-10H,3H2,1-2H3. The third kappa shape index (κ3) is 2.55. The van der Waals surface area contributed by atoms with Crippen LogP contribution in [0.4, 0.5) is 0 Å². The largest absolute Gasteiger partial charge is 0.462 e. The highest BCUT2D eigenvalue weighted by Crippen LogP contribution is 2.36. The number of benzene rings is 2. The first-order chi connectivity index (χ1) is 10.6. The van der Waals surface area contributed by atoms with Gasteiger partial charge in [-0.2, -0.15) is 0 Å². The predicted octanol–water partition coefficient (Wildman–Crippen LogP) is 5.35. The van der Waals surface area contributed by atoms with Crippen LogP contribution in [0.15, 0.2) is 51.4 Å². The minimum atomic E-state index is -0.357. The summed E-state index contributed by atoms with van der Waals surface area (Å²) in [5.41, 5.74) is 3.06. The molecule has 0 spiro atoms. The molecule has 1 heterocycles. The van der Waals surface area contributed by atoms with Crippen LogP contribution in [0.3, 0.4) is 0 Å². The normalized spacial score (nSPS) is 10.9. The van der Waals surface area contributed by atoms with Crippen LogP contribution in [-0.4, -0.2) is 12.6 Å². The Kier molecular flexibility index (Phi) is 4.03. The molecule has 0 amide bonds. The van der Waals surface area contributed by atoms with Gasteiger partial charge in [0.25, 0.3) is 0 Å². The summed E-state index contributed by atoms with van der Waals surface area (Å²) < 4.78 is 12.2. The first-order valence-corrected chi connectivity index (χ1v) is 7.86. The molecule has 0 fully saturated rings. The van der Waals surface area contributed by atoms with Gasteiger partial charge in [-0.15, -0.1) is 0 Å². The van der Waals surface area contributed by atoms with Crippen molar-refractivity contribution in [2.75, 3.05) is 6.61 Å². The van der Waals surface area contributed by atoms with Crippen molar-refractivity contribution in [3.05, 3.63) is 58.1 Å². The zero-order valence-corrected chi connectivity index (χ0v) is 13.9. The number of carbonyl (C=O) groups is 1. The molecule has 1 aromatic heterocycles. The van der Waals surface area contributed by atoms with E-state index in [-0.39, 0.29) is 5.97 Å². The van der Waals surface area contributed by atoms with Gasteiger partial charge < -0.3 is 9.15 Å². The van der Waals surface area contributed by atoms with Crippen LogP contribution >= 0.6 is 15.9 Å². The Morgan fingerprint density at radius 1 is 1.18 bits per heavy atom. The van der Waals surface area contributed by atoms with Crippen LogP contribution in [0, 0.1) is 6.92 Å². The Balaban J connectivity index is 2.28. The highest BCUT2D eigenvalue weighted by atomic mass is 79.9. The van der Waals surface area contributed by atoms with E-state index in [4.69, 9.17) is 9.15 Å². The number of hydrogen-bond donors (Lipinski definition) is 0. The van der Waals surface area contributed by atoms with Crippen molar-refractivity contribution in [2.45, 2.75) is 13.8 Å². The summed E-state index contributed by atoms with van der Waals surface area (Å²) in [4.78, 5) is 12.4. The maximum absolute atomic E-state index is 12.4. The number of halogens is 1. The Hall–Kier alpha value is -2.07. The van der Waals surface area contributed by atoms with E-state index in [0.717, 1.165) is 26.6 Å². The maximum atomic E-state index is 12.4. The Bertz CT molecular complexity index is 831. The van der Waals surface area contributed by atoms with E-state index in [1.165, 1.54) is 0 Å². The lowest BCUT2D eigenvalue weighted by Gasteiger charge is -2.03. The number of furan rings is 1. The summed E-state index contributed by atoms with van der Waals surface area (Å²) in [7, 11) is 0. The first-order valence-electron chi connectivity index (χ1n) is 7.07. The fraction of sp³-hybridized carbons (Fsp3) is 0.167. The maximum Gasteiger partial charge on any atom is 0.342 e. The molecule has 0 saturated carbocycles. The quantitative estimate of drug-likeness (QED) is 0.592. The van der Waals surface area contributed by atoms with Crippen LogP contribution in [0.1, 0.15) is 22.8 Å². The molecule has 0 aliphatic heterocycles. The molecule has 0 N–H and O–H groups in total. The van der Waals surface area contributed by atoms with Crippen LogP contribution in [0.5, 0.6) is 0 Å². The van der Waals surface area contributed by atoms with E-state index in [9.17, 15) is 4.79 Å². The van der Waals surface area contributed by atoms with Crippen LogP contribution in [-0.2, 0) is 4.74 Å². The Morgan fingerprint density at radius 2 is 1.91 bits per heavy atom. The summed E-state index contributed by atoms with van der Waals surface area (Å²) in [6, 6.07) is 13.4. The van der Waals surface area contributed by atoms with Gasteiger partial charge in [0.2, 0.25) is 0 Å². The van der Waals surface area contributed by atoms with Gasteiger partial charge in [-0.3, -0.25) is 0 Å². The third-order valence-corrected chi connectivity index (χ3v) is 4.03. The summed E-state index contributed by atoms with van der Waals surface area (Å²) in [6.07, 6.45) is 0. The minimum absolute atomic E-state index is 0.330. The van der Waals surface area contributed by atoms with E-state index in [0.29, 0.717) is 17.9 Å². The molecule has 112 valence electrons. The Labute approximate surface area is 137 Å². The molecule has 3 nitrogen and oxygen atoms in total. The molecule has 0 bridgehead atoms. The molecule has 2 aromatic carbocycles. The average molecular weight is 359 g/mol. The van der Waals surface area contributed by atoms with Gasteiger partial charge in [0.15, 0.2) is 0 Å². The number of carbonyl (C=O) groups excluding carboxylic acids is 1. The molecule has 0 saturated heterocycles. The molecule has 0 aliphatic rings. The lowest BCUT2D eigenvalue weighted by Crippen LogP contribution is -2.05. The van der Waals surface area contributed by atoms with E-state index in [1.807, 2.05) is 49.4 Å². The summed E-state index contributed by atoms with van der Waals surface area (Å²) in [5.74, 6) is 0.194. The molecule has 3 aromatic rings. The average Bonchev–Trinajstić information content (AvgIpc) is 2.89. The van der Waals surface area contributed by atoms with Crippen molar-refractivity contribution < 1.29 is 13.9 Å². The number of para-hydroxylation sites is 1. The number of aryl methyl sites for hydroxylation is 1. The van der Waals surface area contributed by atoms with Gasteiger partial charge in [-0.1, -0.05) is 46.3 Å². The SMILES string of the molecule is CCOC(=O)c1c(-c2ccc(Br)cc2)oc2c(C)cccc12. The second kappa shape index (κ2) is 5.97. The van der Waals surface area contributed by atoms with Gasteiger partial charge in [-0.25, -0.2) is 4.79 Å². The summed E-state index contributed by atoms with van der Waals surface area (Å²) in [6.45, 7) is 4.09. The molecule has 0 aliphatic carbocycles. The van der Waals surface area contributed by atoms with E-state index < -0.39 is 0 Å². The smallest absolute Gasteiger partial charge is 0.342 e. The van der Waals surface area contributed by atoms with E-state index in [2.05, 4.69) is 15.9 Å². The summed E-state index contributed by atoms with van der Waals surface area (Å²) in [5, 5.41) is 0.788. The van der Waals surface area contributed by atoms with E-state index in [1.54, 1.807) is 6.92 Å². The number of ether oxygens (including phenoxy) is 1. The van der Waals surface area contributed by atoms with Crippen molar-refractivity contribution >= 4 is 32.9 Å². The van der Waals surface area contributed by atoms with Gasteiger partial charge in [0, 0.05) is 15.4 Å². The van der Waals surface area contributed by atoms with Crippen molar-refractivity contribution in [1.82, 2.24) is 0 Å². The van der Waals surface area contributed by atoms with Gasteiger partial charge in [0.1, 0.15) is 16.9 Å². The fourth-order valence-corrected chi connectivity index (χ4v) is 2.73. The predicted molar refractivity (Wildman–Crippen MR) is 90.0 cm³/mol. The second-order valence-electron chi connectivity index (χ2n) is 4.99. The van der Waals surface area contributed by atoms with Crippen molar-refractivity contribution in [1.29, 1.82) is 0 Å². The van der Waals surface area contributed by atoms with E-state index >= 15 is 0 Å². The molecular weight excluding hydrogens is 344 g/mol. The van der Waals surface area contributed by atoms with Crippen LogP contribution in [0.25, 0.3) is 22.3 Å². The number of esters is 1. The topological polar surface area (TPSA) is 39.4 Å². The molecule has 22 heavy (non-hydrogen) atoms. The van der Waals surface area contributed by atoms with Crippen LogP contribution in [0.2, 0.25) is 0 Å². The highest BCUT2D eigenvalue weighted by molar-refractivity contribution is 9.10. The van der Waals surface area contributed by atoms with Crippen molar-refractivity contribution in [3.63, 3.8) is 0 Å². The lowest BCUT2D eigenvalue weighted by molar-refractivity contribution is 0.0529. The molecule has 0 unspecified atom stereocenters. The zero-order valence-electron chi connectivity index (χ0n) is 12.4. The number of rotatable bonds is 3. The fourth-order valence-electron chi connectivity index (χ4n) is 2.47. The molecule has 3 rings (SSSR count). The molecule has 0 atom stereocenters. The molecule has 4 heteroatoms. The highest BCUT2D eigenvalue weighted by Gasteiger charge is 2.23. The van der Waals surface area contributed by atoms with Crippen molar-refractivity contribution in [3.8, 4) is 11.3 Å². The molecule has 0 radical (unpaired) electrons.